The molecule has 0 rings (SSSR count). The standard InChI is InChI=1S/C21H42NO2.C3H7O.O.Ti/c1-4-20(23)22-21(24)18-16-14-12-10-8-6-5-7-9-11-13-15-17-19(2)3;1-3(2)4;;/h19-20H,4-18H2,1-3H3,(H,22,24);3H,1-2H3;;/q2*-1;;+2. The molecule has 0 aromatic heterocycles. The molecule has 30 heavy (non-hydrogen) atoms. The molecule has 0 radical (unpaired) electrons. The Morgan fingerprint density at radius 3 is 1.67 bits per heavy atom. The minimum atomic E-state index is -3.20. The van der Waals surface area contributed by atoms with Gasteiger partial charge in [0, 0.05) is 0 Å². The normalized spacial score (nSPS) is 12.5. The van der Waals surface area contributed by atoms with Crippen LogP contribution in [0.3, 0.4) is 0 Å². The van der Waals surface area contributed by atoms with Crippen LogP contribution >= 0.6 is 0 Å². The fourth-order valence-electron chi connectivity index (χ4n) is 3.41. The molecule has 0 aliphatic rings. The molecule has 0 fully saturated rings. The molecule has 0 bridgehead atoms. The zero-order valence-electron chi connectivity index (χ0n) is 20.5. The molecule has 0 aromatic rings. The summed E-state index contributed by atoms with van der Waals surface area (Å²) in [4.78, 5) is 12.0. The summed E-state index contributed by atoms with van der Waals surface area (Å²) in [6.07, 6.45) is 17.4. The molecule has 0 aliphatic carbocycles. The zero-order chi connectivity index (χ0) is 22.6. The molecule has 5 nitrogen and oxygen atoms in total. The number of nitrogens with one attached hydrogen (secondary N) is 1. The van der Waals surface area contributed by atoms with E-state index in [0.717, 1.165) is 18.8 Å². The molecule has 0 aromatic carbocycles. The molecule has 0 heterocycles. The van der Waals surface area contributed by atoms with Crippen LogP contribution in [-0.4, -0.2) is 18.2 Å². The zero-order valence-corrected chi connectivity index (χ0v) is 22.0. The second-order valence-electron chi connectivity index (χ2n) is 9.17. The molecule has 0 aliphatic heterocycles. The first kappa shape index (κ1) is 29.9. The monoisotopic (exact) mass is 463 g/mol. The Kier molecular flexibility index (Phi) is 20.7. The van der Waals surface area contributed by atoms with Crippen LogP contribution in [0.1, 0.15) is 131 Å². The molecule has 0 spiro atoms. The molecule has 6 heteroatoms. The van der Waals surface area contributed by atoms with Gasteiger partial charge in [0.15, 0.2) is 0 Å². The second kappa shape index (κ2) is 20.8. The van der Waals surface area contributed by atoms with Crippen molar-refractivity contribution in [2.24, 2.45) is 5.92 Å². The number of carbonyl (C=O) groups is 1. The molecule has 178 valence electrons. The Labute approximate surface area is 193 Å². The summed E-state index contributed by atoms with van der Waals surface area (Å²) in [5.74, 6) is 0.829. The van der Waals surface area contributed by atoms with E-state index in [1.807, 2.05) is 20.8 Å². The average molecular weight is 464 g/mol. The predicted molar refractivity (Wildman–Crippen MR) is 120 cm³/mol. The summed E-state index contributed by atoms with van der Waals surface area (Å²) in [5, 5.41) is 2.82. The van der Waals surface area contributed by atoms with E-state index in [1.54, 1.807) is 0 Å². The summed E-state index contributed by atoms with van der Waals surface area (Å²) in [6.45, 7) is 10.2. The van der Waals surface area contributed by atoms with Gasteiger partial charge in [-0.05, 0) is 5.92 Å². The van der Waals surface area contributed by atoms with Crippen molar-refractivity contribution in [2.75, 3.05) is 0 Å². The quantitative estimate of drug-likeness (QED) is 0.111. The van der Waals surface area contributed by atoms with Gasteiger partial charge in [0.1, 0.15) is 0 Å². The molecule has 0 saturated heterocycles. The molecule has 0 saturated carbocycles. The average Bonchev–Trinajstić information content (AvgIpc) is 2.66. The molecular weight excluding hydrogens is 414 g/mol. The van der Waals surface area contributed by atoms with Crippen LogP contribution in [0, 0.1) is 5.92 Å². The van der Waals surface area contributed by atoms with Gasteiger partial charge in [0.05, 0.1) is 0 Å². The van der Waals surface area contributed by atoms with Crippen molar-refractivity contribution < 1.29 is 33.4 Å². The first-order valence-corrected chi connectivity index (χ1v) is 14.4. The van der Waals surface area contributed by atoms with Gasteiger partial charge < -0.3 is 0 Å². The minimum absolute atomic E-state index is 0.0224. The van der Waals surface area contributed by atoms with Crippen LogP contribution in [0.25, 0.3) is 0 Å². The first-order chi connectivity index (χ1) is 14.3. The first-order valence-electron chi connectivity index (χ1n) is 12.5. The third kappa shape index (κ3) is 21.1. The predicted octanol–water partition coefficient (Wildman–Crippen LogP) is 7.19. The van der Waals surface area contributed by atoms with E-state index in [1.165, 1.54) is 70.6 Å². The Morgan fingerprint density at radius 2 is 1.23 bits per heavy atom. The topological polar surface area (TPSA) is 64.6 Å². The van der Waals surface area contributed by atoms with Gasteiger partial charge in [-0.1, -0.05) is 52.4 Å². The molecule has 1 N–H and O–H groups in total. The Hall–Kier alpha value is -0.0957. The SMILES string of the molecule is CCC(NC(=O)CCCCCCCCCCCCCCC(C)C)[O][Ti](=[O])[O]C(C)C. The number of rotatable bonds is 21. The second-order valence-corrected chi connectivity index (χ2v) is 10.7. The third-order valence-corrected chi connectivity index (χ3v) is 6.98. The van der Waals surface area contributed by atoms with Crippen molar-refractivity contribution in [3.63, 3.8) is 0 Å². The van der Waals surface area contributed by atoms with Crippen molar-refractivity contribution in [3.05, 3.63) is 0 Å². The van der Waals surface area contributed by atoms with Crippen LogP contribution in [0.4, 0.5) is 0 Å². The van der Waals surface area contributed by atoms with Crippen molar-refractivity contribution in [1.29, 1.82) is 0 Å². The molecule has 1 unspecified atom stereocenters. The van der Waals surface area contributed by atoms with Crippen molar-refractivity contribution in [1.82, 2.24) is 5.32 Å². The summed E-state index contributed by atoms with van der Waals surface area (Å²) >= 11 is -3.20. The van der Waals surface area contributed by atoms with Crippen molar-refractivity contribution in [3.8, 4) is 0 Å². The number of hydrogen-bond acceptors (Lipinski definition) is 4. The van der Waals surface area contributed by atoms with E-state index in [4.69, 9.17) is 6.64 Å². The van der Waals surface area contributed by atoms with Gasteiger partial charge in [-0.25, -0.2) is 0 Å². The van der Waals surface area contributed by atoms with E-state index in [9.17, 15) is 8.12 Å². The van der Waals surface area contributed by atoms with Crippen LogP contribution in [-0.2, 0) is 33.4 Å². The van der Waals surface area contributed by atoms with E-state index < -0.39 is 24.8 Å². The molecular formula is C24H49NO4Ti. The van der Waals surface area contributed by atoms with Crippen molar-refractivity contribution in [2.45, 2.75) is 143 Å². The number of carbonyl (C=O) groups excluding carboxylic acids is 1. The molecule has 1 atom stereocenters. The van der Waals surface area contributed by atoms with Crippen LogP contribution in [0.2, 0.25) is 0 Å². The van der Waals surface area contributed by atoms with E-state index in [2.05, 4.69) is 19.2 Å². The number of hydrogen-bond donors (Lipinski definition) is 1. The van der Waals surface area contributed by atoms with E-state index in [-0.39, 0.29) is 12.0 Å². The van der Waals surface area contributed by atoms with E-state index in [0.29, 0.717) is 12.8 Å². The van der Waals surface area contributed by atoms with Gasteiger partial charge in [0.25, 0.3) is 0 Å². The maximum absolute atomic E-state index is 12.0. The summed E-state index contributed by atoms with van der Waals surface area (Å²) in [7, 11) is 0. The summed E-state index contributed by atoms with van der Waals surface area (Å²) < 4.78 is 22.3. The number of unbranched alkanes of at least 4 members (excludes halogenated alkanes) is 11. The summed E-state index contributed by atoms with van der Waals surface area (Å²) in [5.41, 5.74) is 0. The van der Waals surface area contributed by atoms with Crippen LogP contribution in [0.5, 0.6) is 0 Å². The Morgan fingerprint density at radius 1 is 0.767 bits per heavy atom. The van der Waals surface area contributed by atoms with Crippen molar-refractivity contribution >= 4 is 5.91 Å². The van der Waals surface area contributed by atoms with Gasteiger partial charge >= 0.3 is 135 Å². The van der Waals surface area contributed by atoms with E-state index >= 15 is 0 Å². The maximum atomic E-state index is 12.0. The van der Waals surface area contributed by atoms with Gasteiger partial charge in [0.2, 0.25) is 0 Å². The van der Waals surface area contributed by atoms with Gasteiger partial charge in [-0.2, -0.15) is 0 Å². The Bertz CT molecular complexity index is 429. The summed E-state index contributed by atoms with van der Waals surface area (Å²) in [6, 6.07) is 0. The fourth-order valence-corrected chi connectivity index (χ4v) is 4.81. The third-order valence-electron chi connectivity index (χ3n) is 5.20. The Balaban J connectivity index is 3.48. The van der Waals surface area contributed by atoms with Gasteiger partial charge in [-0.15, -0.1) is 0 Å². The van der Waals surface area contributed by atoms with Crippen LogP contribution < -0.4 is 5.32 Å². The molecule has 1 amide bonds. The number of amides is 1. The van der Waals surface area contributed by atoms with Gasteiger partial charge in [-0.3, -0.25) is 0 Å². The van der Waals surface area contributed by atoms with Crippen LogP contribution in [0.15, 0.2) is 0 Å². The fraction of sp³-hybridized carbons (Fsp3) is 0.958.